The Morgan fingerprint density at radius 2 is 2.06 bits per heavy atom. The van der Waals surface area contributed by atoms with E-state index >= 15 is 0 Å². The summed E-state index contributed by atoms with van der Waals surface area (Å²) in [5, 5.41) is 2.93. The Labute approximate surface area is 116 Å². The number of amides is 1. The first-order valence-electron chi connectivity index (χ1n) is 6.09. The molecule has 2 unspecified atom stereocenters. The van der Waals surface area contributed by atoms with E-state index in [2.05, 4.69) is 37.4 Å². The van der Waals surface area contributed by atoms with Crippen molar-refractivity contribution in [3.05, 3.63) is 35.4 Å². The smallest absolute Gasteiger partial charge is 0.224 e. The van der Waals surface area contributed by atoms with E-state index in [4.69, 9.17) is 5.73 Å². The van der Waals surface area contributed by atoms with Crippen molar-refractivity contribution in [1.82, 2.24) is 5.32 Å². The Kier molecular flexibility index (Phi) is 7.64. The van der Waals surface area contributed by atoms with Crippen molar-refractivity contribution in [2.45, 2.75) is 26.7 Å². The van der Waals surface area contributed by atoms with Gasteiger partial charge in [-0.15, -0.1) is 12.4 Å². The van der Waals surface area contributed by atoms with E-state index in [1.165, 1.54) is 11.1 Å². The van der Waals surface area contributed by atoms with Gasteiger partial charge in [0.05, 0.1) is 0 Å². The highest BCUT2D eigenvalue weighted by molar-refractivity contribution is 5.85. The van der Waals surface area contributed by atoms with Crippen LogP contribution in [0.15, 0.2) is 24.3 Å². The van der Waals surface area contributed by atoms with Crippen molar-refractivity contribution in [3.8, 4) is 0 Å². The average Bonchev–Trinajstić information content (AvgIpc) is 2.34. The van der Waals surface area contributed by atoms with Gasteiger partial charge in [-0.25, -0.2) is 0 Å². The van der Waals surface area contributed by atoms with Crippen LogP contribution in [0.1, 0.15) is 30.9 Å². The molecule has 0 saturated heterocycles. The molecule has 0 aromatic heterocycles. The van der Waals surface area contributed by atoms with E-state index in [1.54, 1.807) is 0 Å². The molecule has 1 aromatic rings. The monoisotopic (exact) mass is 270 g/mol. The number of halogens is 1. The first-order chi connectivity index (χ1) is 8.04. The third-order valence-electron chi connectivity index (χ3n) is 2.99. The maximum Gasteiger partial charge on any atom is 0.224 e. The largest absolute Gasteiger partial charge is 0.355 e. The lowest BCUT2D eigenvalue weighted by Crippen LogP contribution is -2.35. The van der Waals surface area contributed by atoms with Crippen molar-refractivity contribution in [3.63, 3.8) is 0 Å². The number of hydrogen-bond donors (Lipinski definition) is 2. The number of benzene rings is 1. The summed E-state index contributed by atoms with van der Waals surface area (Å²) in [6, 6.07) is 8.37. The minimum absolute atomic E-state index is 0. The first-order valence-corrected chi connectivity index (χ1v) is 6.09. The number of nitrogens with one attached hydrogen (secondary N) is 1. The van der Waals surface area contributed by atoms with Gasteiger partial charge >= 0.3 is 0 Å². The second-order valence-electron chi connectivity index (χ2n) is 4.70. The highest BCUT2D eigenvalue weighted by atomic mass is 35.5. The van der Waals surface area contributed by atoms with Gasteiger partial charge in [0.25, 0.3) is 0 Å². The van der Waals surface area contributed by atoms with Crippen molar-refractivity contribution in [2.75, 3.05) is 13.1 Å². The van der Waals surface area contributed by atoms with Crippen LogP contribution >= 0.6 is 12.4 Å². The maximum atomic E-state index is 11.6. The number of rotatable bonds is 5. The molecule has 0 fully saturated rings. The zero-order valence-corrected chi connectivity index (χ0v) is 12.1. The predicted molar refractivity (Wildman–Crippen MR) is 78.1 cm³/mol. The molecule has 3 nitrogen and oxygen atoms in total. The predicted octanol–water partition coefficient (Wildman–Crippen LogP) is 2.23. The molecular weight excluding hydrogens is 248 g/mol. The van der Waals surface area contributed by atoms with Gasteiger partial charge in [-0.2, -0.15) is 0 Å². The van der Waals surface area contributed by atoms with Gasteiger partial charge in [-0.1, -0.05) is 43.7 Å². The molecule has 0 aliphatic carbocycles. The number of hydrogen-bond acceptors (Lipinski definition) is 2. The van der Waals surface area contributed by atoms with Crippen LogP contribution in [0.2, 0.25) is 0 Å². The minimum atomic E-state index is -0.111. The molecule has 0 saturated carbocycles. The molecule has 0 spiro atoms. The van der Waals surface area contributed by atoms with Gasteiger partial charge in [0.2, 0.25) is 5.91 Å². The standard InChI is InChI=1S/C14H22N2O.ClH/c1-10-5-4-6-13(7-10)12(3)9-16-14(17)11(2)8-15;/h4-7,11-12H,8-9,15H2,1-3H3,(H,16,17);1H. The van der Waals surface area contributed by atoms with Crippen LogP contribution in [0.4, 0.5) is 0 Å². The molecule has 0 aliphatic heterocycles. The molecule has 0 bridgehead atoms. The topological polar surface area (TPSA) is 55.1 Å². The summed E-state index contributed by atoms with van der Waals surface area (Å²) in [4.78, 5) is 11.6. The maximum absolute atomic E-state index is 11.6. The van der Waals surface area contributed by atoms with Gasteiger partial charge in [-0.05, 0) is 18.4 Å². The number of nitrogens with two attached hydrogens (primary N) is 1. The lowest BCUT2D eigenvalue weighted by atomic mass is 9.99. The SMILES string of the molecule is Cc1cccc(C(C)CNC(=O)C(C)CN)c1.Cl. The summed E-state index contributed by atoms with van der Waals surface area (Å²) < 4.78 is 0. The number of aryl methyl sites for hydroxylation is 1. The van der Waals surface area contributed by atoms with Crippen LogP contribution < -0.4 is 11.1 Å². The highest BCUT2D eigenvalue weighted by Gasteiger charge is 2.12. The molecular formula is C14H23ClN2O. The Balaban J connectivity index is 0.00000289. The summed E-state index contributed by atoms with van der Waals surface area (Å²) in [7, 11) is 0. The van der Waals surface area contributed by atoms with E-state index in [1.807, 2.05) is 13.0 Å². The molecule has 3 N–H and O–H groups in total. The molecule has 0 radical (unpaired) electrons. The summed E-state index contributed by atoms with van der Waals surface area (Å²) in [5.41, 5.74) is 7.95. The molecule has 0 aliphatic rings. The fraction of sp³-hybridized carbons (Fsp3) is 0.500. The van der Waals surface area contributed by atoms with Crippen LogP contribution in [0.5, 0.6) is 0 Å². The Morgan fingerprint density at radius 1 is 1.39 bits per heavy atom. The van der Waals surface area contributed by atoms with Gasteiger partial charge in [0, 0.05) is 19.0 Å². The second kappa shape index (κ2) is 8.11. The Bertz CT molecular complexity index is 382. The van der Waals surface area contributed by atoms with Crippen LogP contribution in [-0.2, 0) is 4.79 Å². The molecule has 2 atom stereocenters. The average molecular weight is 271 g/mol. The van der Waals surface area contributed by atoms with E-state index in [0.29, 0.717) is 19.0 Å². The number of carbonyl (C=O) groups is 1. The Hall–Kier alpha value is -1.06. The molecule has 1 aromatic carbocycles. The molecule has 1 amide bonds. The molecule has 1 rings (SSSR count). The second-order valence-corrected chi connectivity index (χ2v) is 4.70. The van der Waals surface area contributed by atoms with Crippen LogP contribution in [0.3, 0.4) is 0 Å². The number of carbonyl (C=O) groups excluding carboxylic acids is 1. The summed E-state index contributed by atoms with van der Waals surface area (Å²) in [5.74, 6) is 0.246. The third kappa shape index (κ3) is 5.07. The van der Waals surface area contributed by atoms with Crippen LogP contribution in [0.25, 0.3) is 0 Å². The molecule has 0 heterocycles. The Morgan fingerprint density at radius 3 is 2.61 bits per heavy atom. The summed E-state index contributed by atoms with van der Waals surface area (Å²) >= 11 is 0. The molecule has 102 valence electrons. The van der Waals surface area contributed by atoms with Crippen molar-refractivity contribution < 1.29 is 4.79 Å². The van der Waals surface area contributed by atoms with Crippen LogP contribution in [-0.4, -0.2) is 19.0 Å². The lowest BCUT2D eigenvalue weighted by Gasteiger charge is -2.15. The zero-order valence-electron chi connectivity index (χ0n) is 11.3. The zero-order chi connectivity index (χ0) is 12.8. The van der Waals surface area contributed by atoms with E-state index in [9.17, 15) is 4.79 Å². The lowest BCUT2D eigenvalue weighted by molar-refractivity contribution is -0.124. The van der Waals surface area contributed by atoms with Gasteiger partial charge in [0.1, 0.15) is 0 Å². The van der Waals surface area contributed by atoms with Gasteiger partial charge in [0.15, 0.2) is 0 Å². The van der Waals surface area contributed by atoms with Gasteiger partial charge < -0.3 is 11.1 Å². The normalized spacial score (nSPS) is 13.3. The fourth-order valence-corrected chi connectivity index (χ4v) is 1.63. The van der Waals surface area contributed by atoms with Crippen molar-refractivity contribution in [2.24, 2.45) is 11.7 Å². The summed E-state index contributed by atoms with van der Waals surface area (Å²) in [6.07, 6.45) is 0. The highest BCUT2D eigenvalue weighted by Crippen LogP contribution is 2.15. The van der Waals surface area contributed by atoms with Crippen molar-refractivity contribution >= 4 is 18.3 Å². The fourth-order valence-electron chi connectivity index (χ4n) is 1.63. The summed E-state index contributed by atoms with van der Waals surface area (Å²) in [6.45, 7) is 7.08. The van der Waals surface area contributed by atoms with Crippen molar-refractivity contribution in [1.29, 1.82) is 0 Å². The molecule has 4 heteroatoms. The van der Waals surface area contributed by atoms with E-state index < -0.39 is 0 Å². The van der Waals surface area contributed by atoms with E-state index in [-0.39, 0.29) is 24.2 Å². The first kappa shape index (κ1) is 16.9. The quantitative estimate of drug-likeness (QED) is 0.862. The third-order valence-corrected chi connectivity index (χ3v) is 2.99. The minimum Gasteiger partial charge on any atom is -0.355 e. The van der Waals surface area contributed by atoms with Gasteiger partial charge in [-0.3, -0.25) is 4.79 Å². The van der Waals surface area contributed by atoms with E-state index in [0.717, 1.165) is 0 Å². The molecule has 18 heavy (non-hydrogen) atoms. The van der Waals surface area contributed by atoms with Crippen LogP contribution in [0, 0.1) is 12.8 Å².